The molecule has 0 aliphatic heterocycles. The molecular formula is C11H24O2Si. The van der Waals surface area contributed by atoms with Gasteiger partial charge in [0.05, 0.1) is 6.10 Å². The second-order valence-corrected chi connectivity index (χ2v) is 9.74. The fourth-order valence-corrected chi connectivity index (χ4v) is 2.16. The van der Waals surface area contributed by atoms with Crippen LogP contribution in [0.4, 0.5) is 0 Å². The van der Waals surface area contributed by atoms with E-state index in [9.17, 15) is 0 Å². The zero-order valence-corrected chi connectivity index (χ0v) is 11.0. The van der Waals surface area contributed by atoms with Crippen molar-refractivity contribution in [3.8, 4) is 0 Å². The van der Waals surface area contributed by atoms with Crippen LogP contribution in [0.2, 0.25) is 19.6 Å². The molecular weight excluding hydrogens is 192 g/mol. The van der Waals surface area contributed by atoms with Crippen molar-refractivity contribution in [3.63, 3.8) is 0 Å². The van der Waals surface area contributed by atoms with Crippen molar-refractivity contribution in [2.24, 2.45) is 5.92 Å². The van der Waals surface area contributed by atoms with Gasteiger partial charge in [-0.25, -0.2) is 0 Å². The van der Waals surface area contributed by atoms with E-state index in [0.29, 0.717) is 6.10 Å². The second kappa shape index (κ2) is 5.28. The zero-order valence-electron chi connectivity index (χ0n) is 10.0. The standard InChI is InChI=1S/C11H24O2Si/c1-10(11-6-7-11)12-8-5-9-13-14(2,3)4/h10-11H,5-9H2,1-4H3. The predicted octanol–water partition coefficient (Wildman–Crippen LogP) is 3.04. The Balaban J connectivity index is 1.88. The number of hydrogen-bond acceptors (Lipinski definition) is 2. The fourth-order valence-electron chi connectivity index (χ4n) is 1.41. The lowest BCUT2D eigenvalue weighted by Crippen LogP contribution is -2.26. The maximum Gasteiger partial charge on any atom is 0.183 e. The van der Waals surface area contributed by atoms with Crippen molar-refractivity contribution in [1.82, 2.24) is 0 Å². The highest BCUT2D eigenvalue weighted by Gasteiger charge is 2.28. The molecule has 0 aromatic heterocycles. The lowest BCUT2D eigenvalue weighted by molar-refractivity contribution is 0.0435. The first kappa shape index (κ1) is 12.2. The lowest BCUT2D eigenvalue weighted by atomic mass is 10.3. The Morgan fingerprint density at radius 2 is 1.86 bits per heavy atom. The van der Waals surface area contributed by atoms with E-state index in [4.69, 9.17) is 9.16 Å². The third-order valence-electron chi connectivity index (χ3n) is 2.49. The topological polar surface area (TPSA) is 18.5 Å². The van der Waals surface area contributed by atoms with Crippen molar-refractivity contribution in [3.05, 3.63) is 0 Å². The molecule has 1 unspecified atom stereocenters. The van der Waals surface area contributed by atoms with Crippen LogP contribution in [-0.2, 0) is 9.16 Å². The quantitative estimate of drug-likeness (QED) is 0.481. The van der Waals surface area contributed by atoms with Crippen LogP contribution in [0.1, 0.15) is 26.2 Å². The van der Waals surface area contributed by atoms with E-state index >= 15 is 0 Å². The van der Waals surface area contributed by atoms with Crippen molar-refractivity contribution in [2.75, 3.05) is 13.2 Å². The van der Waals surface area contributed by atoms with Crippen LogP contribution in [0.25, 0.3) is 0 Å². The minimum Gasteiger partial charge on any atom is -0.418 e. The van der Waals surface area contributed by atoms with Crippen LogP contribution in [0.15, 0.2) is 0 Å². The summed E-state index contributed by atoms with van der Waals surface area (Å²) in [6, 6.07) is 0. The Hall–Kier alpha value is 0.137. The molecule has 0 radical (unpaired) electrons. The summed E-state index contributed by atoms with van der Waals surface area (Å²) in [5.41, 5.74) is 0. The molecule has 0 heterocycles. The van der Waals surface area contributed by atoms with Crippen molar-refractivity contribution >= 4 is 8.32 Å². The average Bonchev–Trinajstić information content (AvgIpc) is 2.83. The third kappa shape index (κ3) is 5.78. The normalized spacial score (nSPS) is 19.7. The molecule has 1 aliphatic carbocycles. The van der Waals surface area contributed by atoms with E-state index in [1.807, 2.05) is 0 Å². The Labute approximate surface area is 89.1 Å². The van der Waals surface area contributed by atoms with E-state index in [0.717, 1.165) is 25.6 Å². The highest BCUT2D eigenvalue weighted by molar-refractivity contribution is 6.69. The zero-order chi connectivity index (χ0) is 10.6. The van der Waals surface area contributed by atoms with Gasteiger partial charge < -0.3 is 9.16 Å². The van der Waals surface area contributed by atoms with E-state index in [-0.39, 0.29) is 0 Å². The first-order valence-corrected chi connectivity index (χ1v) is 9.15. The molecule has 0 spiro atoms. The summed E-state index contributed by atoms with van der Waals surface area (Å²) < 4.78 is 11.5. The summed E-state index contributed by atoms with van der Waals surface area (Å²) in [6.07, 6.45) is 4.25. The summed E-state index contributed by atoms with van der Waals surface area (Å²) >= 11 is 0. The average molecular weight is 216 g/mol. The second-order valence-electron chi connectivity index (χ2n) is 5.23. The van der Waals surface area contributed by atoms with Gasteiger partial charge in [-0.1, -0.05) is 0 Å². The first-order chi connectivity index (χ1) is 6.49. The summed E-state index contributed by atoms with van der Waals surface area (Å²) in [4.78, 5) is 0. The van der Waals surface area contributed by atoms with E-state index in [2.05, 4.69) is 26.6 Å². The molecule has 1 aliphatic rings. The van der Waals surface area contributed by atoms with Gasteiger partial charge in [0.15, 0.2) is 8.32 Å². The van der Waals surface area contributed by atoms with Crippen LogP contribution in [0, 0.1) is 5.92 Å². The fraction of sp³-hybridized carbons (Fsp3) is 1.00. The maximum absolute atomic E-state index is 5.75. The van der Waals surface area contributed by atoms with Gasteiger partial charge in [-0.05, 0) is 51.7 Å². The van der Waals surface area contributed by atoms with Gasteiger partial charge >= 0.3 is 0 Å². The van der Waals surface area contributed by atoms with Crippen LogP contribution in [0.5, 0.6) is 0 Å². The van der Waals surface area contributed by atoms with Crippen LogP contribution < -0.4 is 0 Å². The highest BCUT2D eigenvalue weighted by atomic mass is 28.4. The predicted molar refractivity (Wildman–Crippen MR) is 62.1 cm³/mol. The van der Waals surface area contributed by atoms with Crippen molar-refractivity contribution < 1.29 is 9.16 Å². The van der Waals surface area contributed by atoms with Gasteiger partial charge in [-0.2, -0.15) is 0 Å². The molecule has 3 heteroatoms. The molecule has 0 amide bonds. The number of ether oxygens (including phenoxy) is 1. The molecule has 0 aromatic rings. The van der Waals surface area contributed by atoms with Gasteiger partial charge in [0.2, 0.25) is 0 Å². The molecule has 1 rings (SSSR count). The van der Waals surface area contributed by atoms with E-state index < -0.39 is 8.32 Å². The molecule has 1 fully saturated rings. The molecule has 14 heavy (non-hydrogen) atoms. The third-order valence-corrected chi connectivity index (χ3v) is 3.56. The monoisotopic (exact) mass is 216 g/mol. The van der Waals surface area contributed by atoms with Gasteiger partial charge in [0.1, 0.15) is 0 Å². The van der Waals surface area contributed by atoms with E-state index in [1.54, 1.807) is 0 Å². The molecule has 0 bridgehead atoms. The SMILES string of the molecule is CC(OCCCO[Si](C)(C)C)C1CC1. The van der Waals surface area contributed by atoms with Crippen LogP contribution in [0.3, 0.4) is 0 Å². The highest BCUT2D eigenvalue weighted by Crippen LogP contribution is 2.33. The Morgan fingerprint density at radius 1 is 1.21 bits per heavy atom. The molecule has 0 N–H and O–H groups in total. The Kier molecular flexibility index (Phi) is 4.61. The van der Waals surface area contributed by atoms with Gasteiger partial charge in [0.25, 0.3) is 0 Å². The molecule has 84 valence electrons. The van der Waals surface area contributed by atoms with Crippen molar-refractivity contribution in [1.29, 1.82) is 0 Å². The molecule has 0 aromatic carbocycles. The molecule has 2 nitrogen and oxygen atoms in total. The maximum atomic E-state index is 5.75. The lowest BCUT2D eigenvalue weighted by Gasteiger charge is -2.17. The Bertz CT molecular complexity index is 161. The number of hydrogen-bond donors (Lipinski definition) is 0. The minimum absolute atomic E-state index is 0.474. The Morgan fingerprint density at radius 3 is 2.36 bits per heavy atom. The summed E-state index contributed by atoms with van der Waals surface area (Å²) in [5.74, 6) is 0.855. The van der Waals surface area contributed by atoms with Gasteiger partial charge in [-0.3, -0.25) is 0 Å². The van der Waals surface area contributed by atoms with Gasteiger partial charge in [-0.15, -0.1) is 0 Å². The largest absolute Gasteiger partial charge is 0.418 e. The van der Waals surface area contributed by atoms with Crippen LogP contribution in [-0.4, -0.2) is 27.6 Å². The van der Waals surface area contributed by atoms with Gasteiger partial charge in [0, 0.05) is 13.2 Å². The summed E-state index contributed by atoms with van der Waals surface area (Å²) in [5, 5.41) is 0. The first-order valence-electron chi connectivity index (χ1n) is 5.74. The minimum atomic E-state index is -1.30. The molecule has 0 saturated heterocycles. The molecule has 1 saturated carbocycles. The summed E-state index contributed by atoms with van der Waals surface area (Å²) in [6.45, 7) is 10.6. The molecule has 1 atom stereocenters. The van der Waals surface area contributed by atoms with E-state index in [1.165, 1.54) is 12.8 Å². The smallest absolute Gasteiger partial charge is 0.183 e. The summed E-state index contributed by atoms with van der Waals surface area (Å²) in [7, 11) is -1.30. The number of rotatable bonds is 7. The van der Waals surface area contributed by atoms with Crippen LogP contribution >= 0.6 is 0 Å². The van der Waals surface area contributed by atoms with Crippen molar-refractivity contribution in [2.45, 2.75) is 51.9 Å².